The van der Waals surface area contributed by atoms with Crippen LogP contribution in [0.15, 0.2) is 18.3 Å². The van der Waals surface area contributed by atoms with Crippen LogP contribution in [0.5, 0.6) is 0 Å². The summed E-state index contributed by atoms with van der Waals surface area (Å²) in [7, 11) is 0. The molecule has 0 spiro atoms. The minimum atomic E-state index is -1.05. The molecule has 92 valence electrons. The predicted molar refractivity (Wildman–Crippen MR) is 66.0 cm³/mol. The molecule has 0 aliphatic carbocycles. The van der Waals surface area contributed by atoms with E-state index in [1.807, 2.05) is 0 Å². The third-order valence-electron chi connectivity index (χ3n) is 1.88. The maximum absolute atomic E-state index is 10.7. The molecule has 1 heterocycles. The van der Waals surface area contributed by atoms with Crippen molar-refractivity contribution in [3.8, 4) is 0 Å². The Hall–Kier alpha value is -1.27. The van der Waals surface area contributed by atoms with Gasteiger partial charge in [-0.2, -0.15) is 11.8 Å². The van der Waals surface area contributed by atoms with Crippen molar-refractivity contribution in [2.75, 3.05) is 5.75 Å². The first kappa shape index (κ1) is 13.8. The predicted octanol–water partition coefficient (Wildman–Crippen LogP) is 1.17. The molecule has 1 aromatic rings. The van der Waals surface area contributed by atoms with Crippen molar-refractivity contribution in [3.05, 3.63) is 29.0 Å². The number of carbonyl (C=O) groups excluding carboxylic acids is 1. The van der Waals surface area contributed by atoms with Crippen LogP contribution in [0.2, 0.25) is 5.02 Å². The van der Waals surface area contributed by atoms with Gasteiger partial charge in [0.05, 0.1) is 5.69 Å². The third kappa shape index (κ3) is 5.06. The molecule has 1 aromatic heterocycles. The number of carbonyl (C=O) groups is 2. The molecule has 0 saturated carbocycles. The minimum Gasteiger partial charge on any atom is -0.480 e. The van der Waals surface area contributed by atoms with Crippen molar-refractivity contribution in [3.63, 3.8) is 0 Å². The summed E-state index contributed by atoms with van der Waals surface area (Å²) < 4.78 is 0. The van der Waals surface area contributed by atoms with Crippen LogP contribution in [0.3, 0.4) is 0 Å². The first-order chi connectivity index (χ1) is 8.13. The second kappa shape index (κ2) is 7.13. The molecule has 5 nitrogen and oxygen atoms in total. The van der Waals surface area contributed by atoms with E-state index in [9.17, 15) is 9.59 Å². The maximum Gasteiger partial charge on any atom is 0.327 e. The number of aromatic nitrogens is 1. The molecule has 1 rings (SSSR count). The SMILES string of the molecule is O=CNC(CSCc1cc(Cl)ccn1)C(=O)O. The molecule has 1 atom stereocenters. The standard InChI is InChI=1S/C10H11ClN2O3S/c11-7-1-2-12-8(3-7)4-17-5-9(10(15)16)13-6-14/h1-3,6,9H,4-5H2,(H,13,14)(H,15,16). The number of amides is 1. The highest BCUT2D eigenvalue weighted by Crippen LogP contribution is 2.14. The van der Waals surface area contributed by atoms with Gasteiger partial charge in [0.15, 0.2) is 0 Å². The van der Waals surface area contributed by atoms with Crippen molar-refractivity contribution in [2.24, 2.45) is 0 Å². The van der Waals surface area contributed by atoms with Crippen LogP contribution in [0.25, 0.3) is 0 Å². The van der Waals surface area contributed by atoms with Crippen LogP contribution < -0.4 is 5.32 Å². The van der Waals surface area contributed by atoms with Gasteiger partial charge in [-0.1, -0.05) is 11.6 Å². The fourth-order valence-corrected chi connectivity index (χ4v) is 2.22. The average molecular weight is 275 g/mol. The molecular formula is C10H11ClN2O3S. The Morgan fingerprint density at radius 1 is 1.71 bits per heavy atom. The number of hydrogen-bond donors (Lipinski definition) is 2. The summed E-state index contributed by atoms with van der Waals surface area (Å²) in [4.78, 5) is 25.0. The molecule has 0 aliphatic heterocycles. The van der Waals surface area contributed by atoms with Gasteiger partial charge in [0.25, 0.3) is 0 Å². The van der Waals surface area contributed by atoms with Gasteiger partial charge >= 0.3 is 5.97 Å². The van der Waals surface area contributed by atoms with E-state index in [-0.39, 0.29) is 5.75 Å². The number of halogens is 1. The highest BCUT2D eigenvalue weighted by molar-refractivity contribution is 7.98. The highest BCUT2D eigenvalue weighted by Gasteiger charge is 2.15. The van der Waals surface area contributed by atoms with Crippen LogP contribution in [-0.4, -0.2) is 34.3 Å². The van der Waals surface area contributed by atoms with Crippen molar-refractivity contribution in [2.45, 2.75) is 11.8 Å². The number of pyridine rings is 1. The lowest BCUT2D eigenvalue weighted by Gasteiger charge is -2.10. The van der Waals surface area contributed by atoms with Crippen LogP contribution in [0.1, 0.15) is 5.69 Å². The second-order valence-corrected chi connectivity index (χ2v) is 4.62. The van der Waals surface area contributed by atoms with Gasteiger partial charge in [-0.25, -0.2) is 4.79 Å². The molecular weight excluding hydrogens is 264 g/mol. The first-order valence-corrected chi connectivity index (χ1v) is 6.27. The van der Waals surface area contributed by atoms with Crippen molar-refractivity contribution >= 4 is 35.7 Å². The van der Waals surface area contributed by atoms with Crippen molar-refractivity contribution < 1.29 is 14.7 Å². The normalized spacial score (nSPS) is 11.8. The van der Waals surface area contributed by atoms with E-state index in [1.165, 1.54) is 11.8 Å². The van der Waals surface area contributed by atoms with E-state index in [4.69, 9.17) is 16.7 Å². The van der Waals surface area contributed by atoms with Gasteiger partial charge in [0.1, 0.15) is 6.04 Å². The molecule has 0 bridgehead atoms. The Morgan fingerprint density at radius 2 is 2.47 bits per heavy atom. The molecule has 1 unspecified atom stereocenters. The van der Waals surface area contributed by atoms with Gasteiger partial charge in [0.2, 0.25) is 6.41 Å². The number of thioether (sulfide) groups is 1. The zero-order chi connectivity index (χ0) is 12.7. The minimum absolute atomic E-state index is 0.280. The van der Waals surface area contributed by atoms with E-state index in [2.05, 4.69) is 10.3 Å². The maximum atomic E-state index is 10.7. The molecule has 2 N–H and O–H groups in total. The molecule has 0 radical (unpaired) electrons. The monoisotopic (exact) mass is 274 g/mol. The number of nitrogens with one attached hydrogen (secondary N) is 1. The zero-order valence-electron chi connectivity index (χ0n) is 8.80. The Bertz CT molecular complexity index is 403. The third-order valence-corrected chi connectivity index (χ3v) is 3.18. The van der Waals surface area contributed by atoms with Gasteiger partial charge in [-0.3, -0.25) is 9.78 Å². The summed E-state index contributed by atoms with van der Waals surface area (Å²) in [5, 5.41) is 11.6. The Labute approximate surface area is 108 Å². The molecule has 1 amide bonds. The molecule has 0 aromatic carbocycles. The summed E-state index contributed by atoms with van der Waals surface area (Å²) in [6, 6.07) is 2.51. The smallest absolute Gasteiger partial charge is 0.327 e. The van der Waals surface area contributed by atoms with E-state index >= 15 is 0 Å². The second-order valence-electron chi connectivity index (χ2n) is 3.16. The Kier molecular flexibility index (Phi) is 5.79. The molecule has 0 fully saturated rings. The number of nitrogens with zero attached hydrogens (tertiary/aromatic N) is 1. The molecule has 7 heteroatoms. The lowest BCUT2D eigenvalue weighted by molar-refractivity contribution is -0.139. The van der Waals surface area contributed by atoms with Crippen LogP contribution >= 0.6 is 23.4 Å². The van der Waals surface area contributed by atoms with E-state index in [0.29, 0.717) is 17.2 Å². The fourth-order valence-electron chi connectivity index (χ4n) is 1.08. The highest BCUT2D eigenvalue weighted by atomic mass is 35.5. The number of rotatable bonds is 7. The Balaban J connectivity index is 2.40. The lowest BCUT2D eigenvalue weighted by atomic mass is 10.3. The van der Waals surface area contributed by atoms with Crippen LogP contribution in [-0.2, 0) is 15.3 Å². The Morgan fingerprint density at radius 3 is 3.06 bits per heavy atom. The van der Waals surface area contributed by atoms with E-state index in [0.717, 1.165) is 5.69 Å². The van der Waals surface area contributed by atoms with Crippen LogP contribution in [0, 0.1) is 0 Å². The van der Waals surface area contributed by atoms with Gasteiger partial charge in [-0.15, -0.1) is 0 Å². The van der Waals surface area contributed by atoms with Gasteiger partial charge in [0, 0.05) is 22.7 Å². The number of aliphatic carboxylic acids is 1. The zero-order valence-corrected chi connectivity index (χ0v) is 10.4. The average Bonchev–Trinajstić information content (AvgIpc) is 2.28. The number of carboxylic acids is 1. The largest absolute Gasteiger partial charge is 0.480 e. The fraction of sp³-hybridized carbons (Fsp3) is 0.300. The number of hydrogen-bond acceptors (Lipinski definition) is 4. The molecule has 0 aliphatic rings. The quantitative estimate of drug-likeness (QED) is 0.730. The summed E-state index contributed by atoms with van der Waals surface area (Å²) in [5.41, 5.74) is 0.776. The van der Waals surface area contributed by atoms with Gasteiger partial charge in [-0.05, 0) is 12.1 Å². The number of carboxylic acid groups (broad SMARTS) is 1. The first-order valence-electron chi connectivity index (χ1n) is 4.74. The summed E-state index contributed by atoms with van der Waals surface area (Å²) >= 11 is 7.15. The van der Waals surface area contributed by atoms with Gasteiger partial charge < -0.3 is 10.4 Å². The van der Waals surface area contributed by atoms with Crippen molar-refractivity contribution in [1.82, 2.24) is 10.3 Å². The van der Waals surface area contributed by atoms with Crippen molar-refractivity contribution in [1.29, 1.82) is 0 Å². The van der Waals surface area contributed by atoms with E-state index < -0.39 is 12.0 Å². The summed E-state index contributed by atoms with van der Waals surface area (Å²) in [6.45, 7) is 0. The van der Waals surface area contributed by atoms with Crippen LogP contribution in [0.4, 0.5) is 0 Å². The topological polar surface area (TPSA) is 79.3 Å². The van der Waals surface area contributed by atoms with E-state index in [1.54, 1.807) is 18.3 Å². The molecule has 0 saturated heterocycles. The lowest BCUT2D eigenvalue weighted by Crippen LogP contribution is -2.37. The summed E-state index contributed by atoms with van der Waals surface area (Å²) in [5.74, 6) is -0.226. The molecule has 17 heavy (non-hydrogen) atoms. The summed E-state index contributed by atoms with van der Waals surface area (Å²) in [6.07, 6.45) is 1.98.